The largest absolute Gasteiger partial charge is 0.355 e. The van der Waals surface area contributed by atoms with Crippen LogP contribution in [0.2, 0.25) is 0 Å². The second-order valence-electron chi connectivity index (χ2n) is 6.08. The van der Waals surface area contributed by atoms with Gasteiger partial charge in [0.1, 0.15) is 5.82 Å². The Morgan fingerprint density at radius 1 is 1.22 bits per heavy atom. The van der Waals surface area contributed by atoms with Gasteiger partial charge in [0.15, 0.2) is 5.16 Å². The highest BCUT2D eigenvalue weighted by Gasteiger charge is 2.19. The molecule has 0 bridgehead atoms. The van der Waals surface area contributed by atoms with E-state index < -0.39 is 5.25 Å². The molecule has 27 heavy (non-hydrogen) atoms. The molecule has 1 N–H and O–H groups in total. The molecule has 7 heteroatoms. The molecule has 0 saturated carbocycles. The van der Waals surface area contributed by atoms with E-state index in [2.05, 4.69) is 10.3 Å². The van der Waals surface area contributed by atoms with Crippen LogP contribution in [0.1, 0.15) is 19.4 Å². The lowest BCUT2D eigenvalue weighted by Crippen LogP contribution is -2.32. The van der Waals surface area contributed by atoms with Gasteiger partial charge in [0.25, 0.3) is 5.56 Å². The van der Waals surface area contributed by atoms with Crippen LogP contribution < -0.4 is 10.9 Å². The quantitative estimate of drug-likeness (QED) is 0.523. The zero-order chi connectivity index (χ0) is 19.4. The molecule has 1 amide bonds. The number of aromatic nitrogens is 2. The number of hydrogen-bond donors (Lipinski definition) is 1. The minimum Gasteiger partial charge on any atom is -0.355 e. The molecule has 1 heterocycles. The number of amides is 1. The summed E-state index contributed by atoms with van der Waals surface area (Å²) in [4.78, 5) is 29.8. The number of nitrogens with zero attached hydrogens (tertiary/aromatic N) is 2. The van der Waals surface area contributed by atoms with Crippen molar-refractivity contribution in [1.29, 1.82) is 0 Å². The van der Waals surface area contributed by atoms with Crippen molar-refractivity contribution >= 4 is 28.6 Å². The Hall–Kier alpha value is -2.67. The standard InChI is InChI=1S/C20H20FN3O2S/c1-3-22-18(25)13(2)27-20-23-17-7-5-4-6-16(17)19(26)24(20)12-14-8-10-15(21)11-9-14/h4-11,13H,3,12H2,1-2H3,(H,22,25)/t13-/m1/s1. The zero-order valence-electron chi connectivity index (χ0n) is 15.1. The molecule has 2 aromatic carbocycles. The topological polar surface area (TPSA) is 64.0 Å². The second kappa shape index (κ2) is 8.35. The number of para-hydroxylation sites is 1. The van der Waals surface area contributed by atoms with Crippen LogP contribution in [0.25, 0.3) is 10.9 Å². The minimum atomic E-state index is -0.405. The van der Waals surface area contributed by atoms with Crippen LogP contribution in [0.3, 0.4) is 0 Å². The number of fused-ring (bicyclic) bond motifs is 1. The van der Waals surface area contributed by atoms with Crippen LogP contribution in [0.4, 0.5) is 4.39 Å². The summed E-state index contributed by atoms with van der Waals surface area (Å²) < 4.78 is 14.7. The number of rotatable bonds is 6. The van der Waals surface area contributed by atoms with E-state index in [0.29, 0.717) is 22.6 Å². The van der Waals surface area contributed by atoms with Crippen molar-refractivity contribution in [3.8, 4) is 0 Å². The molecule has 0 spiro atoms. The molecule has 0 unspecified atom stereocenters. The predicted molar refractivity (Wildman–Crippen MR) is 106 cm³/mol. The van der Waals surface area contributed by atoms with Gasteiger partial charge < -0.3 is 5.32 Å². The molecule has 3 aromatic rings. The van der Waals surface area contributed by atoms with Gasteiger partial charge in [0.05, 0.1) is 22.7 Å². The molecule has 0 radical (unpaired) electrons. The Kier molecular flexibility index (Phi) is 5.91. The number of nitrogens with one attached hydrogen (secondary N) is 1. The van der Waals surface area contributed by atoms with E-state index in [1.807, 2.05) is 13.0 Å². The van der Waals surface area contributed by atoms with Gasteiger partial charge >= 0.3 is 0 Å². The Morgan fingerprint density at radius 2 is 1.93 bits per heavy atom. The van der Waals surface area contributed by atoms with Gasteiger partial charge in [-0.1, -0.05) is 36.0 Å². The van der Waals surface area contributed by atoms with E-state index in [0.717, 1.165) is 5.56 Å². The molecule has 140 valence electrons. The maximum absolute atomic E-state index is 13.2. The number of carbonyl (C=O) groups excluding carboxylic acids is 1. The SMILES string of the molecule is CCNC(=O)[C@@H](C)Sc1nc2ccccc2c(=O)n1Cc1ccc(F)cc1. The van der Waals surface area contributed by atoms with Crippen molar-refractivity contribution in [2.45, 2.75) is 30.8 Å². The maximum Gasteiger partial charge on any atom is 0.262 e. The Balaban J connectivity index is 2.05. The van der Waals surface area contributed by atoms with Crippen molar-refractivity contribution in [3.63, 3.8) is 0 Å². The summed E-state index contributed by atoms with van der Waals surface area (Å²) in [7, 11) is 0. The molecule has 0 aliphatic rings. The summed E-state index contributed by atoms with van der Waals surface area (Å²) >= 11 is 1.24. The van der Waals surface area contributed by atoms with Crippen molar-refractivity contribution in [2.75, 3.05) is 6.54 Å². The van der Waals surface area contributed by atoms with Crippen LogP contribution in [-0.4, -0.2) is 27.3 Å². The first-order chi connectivity index (χ1) is 13.0. The third-order valence-electron chi connectivity index (χ3n) is 4.08. The van der Waals surface area contributed by atoms with E-state index in [-0.39, 0.29) is 23.8 Å². The Labute approximate surface area is 160 Å². The van der Waals surface area contributed by atoms with E-state index in [9.17, 15) is 14.0 Å². The fourth-order valence-corrected chi connectivity index (χ4v) is 3.61. The van der Waals surface area contributed by atoms with Gasteiger partial charge in [-0.25, -0.2) is 9.37 Å². The summed E-state index contributed by atoms with van der Waals surface area (Å²) in [5.41, 5.74) is 1.18. The van der Waals surface area contributed by atoms with Crippen molar-refractivity contribution in [1.82, 2.24) is 14.9 Å². The summed E-state index contributed by atoms with van der Waals surface area (Å²) in [5.74, 6) is -0.444. The van der Waals surface area contributed by atoms with Gasteiger partial charge in [-0.2, -0.15) is 0 Å². The number of hydrogen-bond acceptors (Lipinski definition) is 4. The van der Waals surface area contributed by atoms with Crippen molar-refractivity contribution in [2.24, 2.45) is 0 Å². The summed E-state index contributed by atoms with van der Waals surface area (Å²) in [6, 6.07) is 13.1. The average molecular weight is 385 g/mol. The van der Waals surface area contributed by atoms with Crippen LogP contribution in [0.5, 0.6) is 0 Å². The Morgan fingerprint density at radius 3 is 2.63 bits per heavy atom. The van der Waals surface area contributed by atoms with E-state index in [1.165, 1.54) is 28.5 Å². The number of halogens is 1. The number of carbonyl (C=O) groups is 1. The second-order valence-corrected chi connectivity index (χ2v) is 7.39. The molecular formula is C20H20FN3O2S. The fourth-order valence-electron chi connectivity index (χ4n) is 2.68. The highest BCUT2D eigenvalue weighted by atomic mass is 32.2. The molecular weight excluding hydrogens is 365 g/mol. The van der Waals surface area contributed by atoms with Gasteiger partial charge in [-0.15, -0.1) is 0 Å². The lowest BCUT2D eigenvalue weighted by molar-refractivity contribution is -0.120. The molecule has 1 aromatic heterocycles. The van der Waals surface area contributed by atoms with Crippen LogP contribution in [0.15, 0.2) is 58.5 Å². The third-order valence-corrected chi connectivity index (χ3v) is 5.17. The Bertz CT molecular complexity index is 1020. The normalized spacial score (nSPS) is 12.1. The fraction of sp³-hybridized carbons (Fsp3) is 0.250. The van der Waals surface area contributed by atoms with Crippen molar-refractivity contribution < 1.29 is 9.18 Å². The molecule has 0 aliphatic carbocycles. The average Bonchev–Trinajstić information content (AvgIpc) is 2.66. The monoisotopic (exact) mass is 385 g/mol. The van der Waals surface area contributed by atoms with Crippen LogP contribution in [0, 0.1) is 5.82 Å². The van der Waals surface area contributed by atoms with E-state index >= 15 is 0 Å². The highest BCUT2D eigenvalue weighted by Crippen LogP contribution is 2.23. The molecule has 0 aliphatic heterocycles. The number of benzene rings is 2. The first-order valence-electron chi connectivity index (χ1n) is 8.68. The smallest absolute Gasteiger partial charge is 0.262 e. The summed E-state index contributed by atoms with van der Waals surface area (Å²) in [5, 5.41) is 3.34. The minimum absolute atomic E-state index is 0.113. The zero-order valence-corrected chi connectivity index (χ0v) is 15.9. The van der Waals surface area contributed by atoms with Gasteiger partial charge in [0.2, 0.25) is 5.91 Å². The molecule has 5 nitrogen and oxygen atoms in total. The molecule has 3 rings (SSSR count). The predicted octanol–water partition coefficient (Wildman–Crippen LogP) is 3.20. The lowest BCUT2D eigenvalue weighted by atomic mass is 10.2. The van der Waals surface area contributed by atoms with Gasteiger partial charge in [-0.05, 0) is 43.7 Å². The summed E-state index contributed by atoms with van der Waals surface area (Å²) in [6.45, 7) is 4.42. The third kappa shape index (κ3) is 4.36. The summed E-state index contributed by atoms with van der Waals surface area (Å²) in [6.07, 6.45) is 0. The van der Waals surface area contributed by atoms with Crippen LogP contribution in [-0.2, 0) is 11.3 Å². The highest BCUT2D eigenvalue weighted by molar-refractivity contribution is 8.00. The first-order valence-corrected chi connectivity index (χ1v) is 9.56. The molecule has 0 saturated heterocycles. The molecule has 1 atom stereocenters. The van der Waals surface area contributed by atoms with E-state index in [4.69, 9.17) is 0 Å². The number of thioether (sulfide) groups is 1. The van der Waals surface area contributed by atoms with Crippen molar-refractivity contribution in [3.05, 3.63) is 70.3 Å². The van der Waals surface area contributed by atoms with Gasteiger partial charge in [-0.3, -0.25) is 14.2 Å². The maximum atomic E-state index is 13.2. The van der Waals surface area contributed by atoms with E-state index in [1.54, 1.807) is 37.3 Å². The lowest BCUT2D eigenvalue weighted by Gasteiger charge is -2.16. The van der Waals surface area contributed by atoms with Crippen LogP contribution >= 0.6 is 11.8 Å². The van der Waals surface area contributed by atoms with Gasteiger partial charge in [0, 0.05) is 6.54 Å². The first kappa shape index (κ1) is 19.1. The molecule has 0 fully saturated rings.